The lowest BCUT2D eigenvalue weighted by Crippen LogP contribution is -2.39. The molecule has 0 aliphatic rings. The van der Waals surface area contributed by atoms with Crippen LogP contribution in [0.5, 0.6) is 0 Å². The number of hydrogen-bond donors (Lipinski definition) is 2. The average molecular weight is 235 g/mol. The van der Waals surface area contributed by atoms with E-state index in [1.165, 1.54) is 4.90 Å². The summed E-state index contributed by atoms with van der Waals surface area (Å²) in [5, 5.41) is 18.5. The number of carbonyl (C=O) groups excluding carboxylic acids is 1. The number of rotatable bonds is 4. The van der Waals surface area contributed by atoms with Crippen LogP contribution < -0.4 is 5.46 Å². The first kappa shape index (κ1) is 13.7. The van der Waals surface area contributed by atoms with E-state index in [4.69, 9.17) is 5.02 Å². The Morgan fingerprint density at radius 2 is 1.88 bits per heavy atom. The summed E-state index contributed by atoms with van der Waals surface area (Å²) in [5.74, 6) is -0.142. The van der Waals surface area contributed by atoms with E-state index < -0.39 is 5.60 Å². The van der Waals surface area contributed by atoms with Gasteiger partial charge in [-0.3, -0.25) is 4.79 Å². The molecule has 0 unspecified atom stereocenters. The van der Waals surface area contributed by atoms with Crippen LogP contribution in [-0.4, -0.2) is 47.6 Å². The number of likely N-dealkylation sites (N-methyl/N-ethyl adjacent to an activating group) is 1. The molecule has 0 radical (unpaired) electrons. The lowest BCUT2D eigenvalue weighted by atomic mass is 9.88. The van der Waals surface area contributed by atoms with Crippen LogP contribution in [0.3, 0.4) is 0 Å². The molecule has 0 saturated carbocycles. The van der Waals surface area contributed by atoms with Gasteiger partial charge in [0.2, 0.25) is 0 Å². The van der Waals surface area contributed by atoms with Crippen molar-refractivity contribution in [1.29, 1.82) is 0 Å². The van der Waals surface area contributed by atoms with Crippen LogP contribution in [-0.2, 0) is 0 Å². The third-order valence-corrected chi connectivity index (χ3v) is 2.35. The summed E-state index contributed by atoms with van der Waals surface area (Å²) in [7, 11) is 1.62. The predicted molar refractivity (Wildman–Crippen MR) is 68.7 cm³/mol. The Hall–Kier alpha value is -1.33. The topological polar surface area (TPSA) is 60.8 Å². The fourth-order valence-corrected chi connectivity index (χ4v) is 1.63. The first-order valence-corrected chi connectivity index (χ1v) is 5.51. The lowest BCUT2D eigenvalue weighted by Gasteiger charge is -2.25. The van der Waals surface area contributed by atoms with Gasteiger partial charge in [0.05, 0.1) is 5.60 Å². The van der Waals surface area contributed by atoms with E-state index in [0.29, 0.717) is 5.56 Å². The smallest absolute Gasteiger partial charge is 0.304 e. The van der Waals surface area contributed by atoms with Gasteiger partial charge in [0.25, 0.3) is 5.91 Å². The van der Waals surface area contributed by atoms with Gasteiger partial charge in [-0.1, -0.05) is 17.6 Å². The summed E-state index contributed by atoms with van der Waals surface area (Å²) >= 11 is 0. The minimum absolute atomic E-state index is 0.0337. The molecule has 0 aliphatic heterocycles. The minimum atomic E-state index is -0.907. The number of carbonyl (C=O) groups is 1. The third kappa shape index (κ3) is 4.21. The zero-order valence-electron chi connectivity index (χ0n) is 10.5. The monoisotopic (exact) mass is 235 g/mol. The van der Waals surface area contributed by atoms with Gasteiger partial charge in [-0.25, -0.2) is 0 Å². The normalized spacial score (nSPS) is 11.1. The average Bonchev–Trinajstić information content (AvgIpc) is 2.26. The Balaban J connectivity index is 2.75. The number of benzene rings is 1. The molecule has 0 atom stereocenters. The second-order valence-corrected chi connectivity index (χ2v) is 4.83. The first-order chi connectivity index (χ1) is 7.83. The fraction of sp³-hybridized carbons (Fsp3) is 0.417. The molecule has 0 aliphatic carbocycles. The van der Waals surface area contributed by atoms with E-state index in [1.807, 2.05) is 0 Å². The minimum Gasteiger partial charge on any atom is -0.449 e. The highest BCUT2D eigenvalue weighted by Crippen LogP contribution is 2.07. The van der Waals surface area contributed by atoms with Crippen molar-refractivity contribution >= 4 is 18.9 Å². The van der Waals surface area contributed by atoms with Crippen LogP contribution in [0.2, 0.25) is 0 Å². The Morgan fingerprint density at radius 1 is 1.35 bits per heavy atom. The van der Waals surface area contributed by atoms with E-state index in [2.05, 4.69) is 0 Å². The maximum atomic E-state index is 12.0. The molecule has 0 saturated heterocycles. The number of amides is 1. The van der Waals surface area contributed by atoms with Crippen molar-refractivity contribution in [1.82, 2.24) is 4.90 Å². The lowest BCUT2D eigenvalue weighted by molar-refractivity contribution is 0.0368. The summed E-state index contributed by atoms with van der Waals surface area (Å²) in [6, 6.07) is 6.78. The zero-order chi connectivity index (χ0) is 13.1. The van der Waals surface area contributed by atoms with Crippen molar-refractivity contribution in [2.45, 2.75) is 19.4 Å². The zero-order valence-corrected chi connectivity index (χ0v) is 10.5. The number of aliphatic hydroxyl groups is 1. The van der Waals surface area contributed by atoms with E-state index in [-0.39, 0.29) is 19.9 Å². The molecule has 0 fully saturated rings. The molecule has 0 aromatic heterocycles. The molecule has 92 valence electrons. The molecule has 1 rings (SSSR count). The molecule has 1 aromatic carbocycles. The van der Waals surface area contributed by atoms with Crippen LogP contribution in [0.1, 0.15) is 24.2 Å². The SMILES string of the molecule is CN(CC(C)(C)O)C(=O)c1ccc(BO)cc1. The number of hydrogen-bond acceptors (Lipinski definition) is 3. The summed E-state index contributed by atoms with van der Waals surface area (Å²) < 4.78 is 0. The molecule has 5 heteroatoms. The van der Waals surface area contributed by atoms with Gasteiger partial charge in [-0.05, 0) is 26.0 Å². The maximum absolute atomic E-state index is 12.0. The van der Waals surface area contributed by atoms with Crippen LogP contribution >= 0.6 is 0 Å². The standard InChI is InChI=1S/C12H18BNO3/c1-12(2,16)8-14(3)11(15)9-4-6-10(13-17)7-5-9/h4-7,13,16-17H,8H2,1-3H3. The Bertz CT molecular complexity index is 384. The third-order valence-electron chi connectivity index (χ3n) is 2.35. The van der Waals surface area contributed by atoms with Gasteiger partial charge in [0.1, 0.15) is 0 Å². The predicted octanol–water partition coefficient (Wildman–Crippen LogP) is -0.501. The Labute approximate surface area is 102 Å². The van der Waals surface area contributed by atoms with Gasteiger partial charge in [-0.2, -0.15) is 0 Å². The van der Waals surface area contributed by atoms with Crippen molar-refractivity contribution in [3.63, 3.8) is 0 Å². The fourth-order valence-electron chi connectivity index (χ4n) is 1.63. The van der Waals surface area contributed by atoms with Crippen LogP contribution in [0.15, 0.2) is 24.3 Å². The van der Waals surface area contributed by atoms with Gasteiger partial charge in [-0.15, -0.1) is 0 Å². The van der Waals surface area contributed by atoms with Crippen LogP contribution in [0.25, 0.3) is 0 Å². The molecule has 1 amide bonds. The molecule has 4 nitrogen and oxygen atoms in total. The highest BCUT2D eigenvalue weighted by atomic mass is 16.3. The molecular weight excluding hydrogens is 217 g/mol. The molecule has 0 heterocycles. The molecule has 0 bridgehead atoms. The van der Waals surface area contributed by atoms with E-state index >= 15 is 0 Å². The summed E-state index contributed by atoms with van der Waals surface area (Å²) in [6.07, 6.45) is 0. The molecule has 2 N–H and O–H groups in total. The van der Waals surface area contributed by atoms with E-state index in [9.17, 15) is 9.90 Å². The summed E-state index contributed by atoms with van der Waals surface area (Å²) in [5.41, 5.74) is 0.413. The first-order valence-electron chi connectivity index (χ1n) is 5.51. The summed E-state index contributed by atoms with van der Waals surface area (Å²) in [6.45, 7) is 3.59. The van der Waals surface area contributed by atoms with Crippen molar-refractivity contribution < 1.29 is 14.9 Å². The maximum Gasteiger partial charge on any atom is 0.304 e. The largest absolute Gasteiger partial charge is 0.449 e. The number of nitrogens with zero attached hydrogens (tertiary/aromatic N) is 1. The molecule has 1 aromatic rings. The molecule has 17 heavy (non-hydrogen) atoms. The second-order valence-electron chi connectivity index (χ2n) is 4.83. The van der Waals surface area contributed by atoms with Gasteiger partial charge >= 0.3 is 7.48 Å². The molecular formula is C12H18BNO3. The van der Waals surface area contributed by atoms with Crippen LogP contribution in [0, 0.1) is 0 Å². The summed E-state index contributed by atoms with van der Waals surface area (Å²) in [4.78, 5) is 13.5. The van der Waals surface area contributed by atoms with E-state index in [0.717, 1.165) is 5.46 Å². The Morgan fingerprint density at radius 3 is 2.29 bits per heavy atom. The second kappa shape index (κ2) is 5.34. The highest BCUT2D eigenvalue weighted by molar-refractivity contribution is 6.45. The quantitative estimate of drug-likeness (QED) is 0.691. The molecule has 0 spiro atoms. The van der Waals surface area contributed by atoms with Crippen LogP contribution in [0.4, 0.5) is 0 Å². The van der Waals surface area contributed by atoms with Crippen molar-refractivity contribution in [3.8, 4) is 0 Å². The highest BCUT2D eigenvalue weighted by Gasteiger charge is 2.20. The van der Waals surface area contributed by atoms with Crippen molar-refractivity contribution in [3.05, 3.63) is 29.8 Å². The van der Waals surface area contributed by atoms with E-state index in [1.54, 1.807) is 45.2 Å². The van der Waals surface area contributed by atoms with Crippen molar-refractivity contribution in [2.75, 3.05) is 13.6 Å². The van der Waals surface area contributed by atoms with Crippen molar-refractivity contribution in [2.24, 2.45) is 0 Å². The van der Waals surface area contributed by atoms with Gasteiger partial charge < -0.3 is 15.0 Å². The Kier molecular flexibility index (Phi) is 4.31. The van der Waals surface area contributed by atoms with Gasteiger partial charge in [0, 0.05) is 19.2 Å². The van der Waals surface area contributed by atoms with Gasteiger partial charge in [0.15, 0.2) is 0 Å².